The maximum absolute atomic E-state index is 12.9. The molecule has 4 heterocycles. The van der Waals surface area contributed by atoms with Gasteiger partial charge in [0.25, 0.3) is 5.91 Å². The number of hydrogen-bond donors (Lipinski definition) is 2. The van der Waals surface area contributed by atoms with Gasteiger partial charge in [0, 0.05) is 74.4 Å². The molecule has 3 amide bonds. The second-order valence-electron chi connectivity index (χ2n) is 11.8. The van der Waals surface area contributed by atoms with Crippen molar-refractivity contribution >= 4 is 35.2 Å². The molecular weight excluding hydrogens is 574 g/mol. The fourth-order valence-electron chi connectivity index (χ4n) is 5.64. The number of ether oxygens (including phenoxy) is 2. The average molecular weight is 616 g/mol. The van der Waals surface area contributed by atoms with Crippen LogP contribution < -0.4 is 20.4 Å². The molecule has 3 fully saturated rings. The molecule has 3 saturated heterocycles. The molecule has 238 valence electrons. The molecule has 0 saturated carbocycles. The number of morpholine rings is 2. The van der Waals surface area contributed by atoms with Crippen LogP contribution in [-0.4, -0.2) is 122 Å². The zero-order chi connectivity index (χ0) is 31.3. The monoisotopic (exact) mass is 615 g/mol. The minimum Gasteiger partial charge on any atom is -0.378 e. The van der Waals surface area contributed by atoms with Gasteiger partial charge in [-0.2, -0.15) is 15.0 Å². The van der Waals surface area contributed by atoms with Crippen molar-refractivity contribution in [2.45, 2.75) is 26.0 Å². The Bertz CT molecular complexity index is 1480. The largest absolute Gasteiger partial charge is 0.378 e. The van der Waals surface area contributed by atoms with Crippen LogP contribution in [0.25, 0.3) is 11.4 Å². The lowest BCUT2D eigenvalue weighted by atomic mass is 10.1. The van der Waals surface area contributed by atoms with Gasteiger partial charge in [0.15, 0.2) is 5.82 Å². The van der Waals surface area contributed by atoms with E-state index in [9.17, 15) is 9.59 Å². The van der Waals surface area contributed by atoms with Gasteiger partial charge in [-0.1, -0.05) is 0 Å². The van der Waals surface area contributed by atoms with Gasteiger partial charge in [-0.3, -0.25) is 4.79 Å². The van der Waals surface area contributed by atoms with Crippen molar-refractivity contribution in [1.29, 1.82) is 0 Å². The standard InChI is InChI=1S/C32H41N9O4/c1-22-20-40(13-12-38(22)3)29(42)25-6-10-27(11-7-25)34-32(43)33-26-8-4-24(5-9-26)28-35-30(39-14-17-44-18-15-39)37-31(36-28)41-16-19-45-23(2)21-41/h4-11,22-23H,12-21H2,1-3H3,(H2,33,34,43). The molecule has 2 unspecified atom stereocenters. The van der Waals surface area contributed by atoms with Crippen molar-refractivity contribution < 1.29 is 19.1 Å². The number of urea groups is 1. The summed E-state index contributed by atoms with van der Waals surface area (Å²) in [4.78, 5) is 48.6. The Hall–Kier alpha value is -4.33. The summed E-state index contributed by atoms with van der Waals surface area (Å²) < 4.78 is 11.2. The summed E-state index contributed by atoms with van der Waals surface area (Å²) in [5.74, 6) is 1.83. The number of aromatic nitrogens is 3. The highest BCUT2D eigenvalue weighted by molar-refractivity contribution is 6.00. The zero-order valence-corrected chi connectivity index (χ0v) is 26.1. The third-order valence-corrected chi connectivity index (χ3v) is 8.47. The van der Waals surface area contributed by atoms with Crippen LogP contribution in [0.5, 0.6) is 0 Å². The molecule has 45 heavy (non-hydrogen) atoms. The summed E-state index contributed by atoms with van der Waals surface area (Å²) in [6.45, 7) is 11.2. The fourth-order valence-corrected chi connectivity index (χ4v) is 5.64. The molecule has 13 nitrogen and oxygen atoms in total. The number of likely N-dealkylation sites (N-methyl/N-ethyl adjacent to an activating group) is 1. The molecule has 0 spiro atoms. The first-order chi connectivity index (χ1) is 21.8. The summed E-state index contributed by atoms with van der Waals surface area (Å²) in [5.41, 5.74) is 2.64. The van der Waals surface area contributed by atoms with Gasteiger partial charge < -0.3 is 39.7 Å². The molecule has 2 aromatic carbocycles. The second-order valence-corrected chi connectivity index (χ2v) is 11.8. The molecule has 0 radical (unpaired) electrons. The minimum absolute atomic E-state index is 0.00732. The van der Waals surface area contributed by atoms with E-state index in [4.69, 9.17) is 24.4 Å². The maximum Gasteiger partial charge on any atom is 0.323 e. The van der Waals surface area contributed by atoms with Gasteiger partial charge in [-0.25, -0.2) is 4.79 Å². The van der Waals surface area contributed by atoms with Crippen LogP contribution in [0.3, 0.4) is 0 Å². The lowest BCUT2D eigenvalue weighted by Gasteiger charge is -2.37. The summed E-state index contributed by atoms with van der Waals surface area (Å²) in [7, 11) is 2.08. The first-order valence-corrected chi connectivity index (χ1v) is 15.6. The van der Waals surface area contributed by atoms with Crippen molar-refractivity contribution in [2.75, 3.05) is 93.1 Å². The van der Waals surface area contributed by atoms with Crippen molar-refractivity contribution in [3.05, 3.63) is 54.1 Å². The average Bonchev–Trinajstić information content (AvgIpc) is 3.06. The van der Waals surface area contributed by atoms with Crippen LogP contribution in [0.15, 0.2) is 48.5 Å². The molecule has 0 aliphatic carbocycles. The number of amides is 3. The predicted octanol–water partition coefficient (Wildman–Crippen LogP) is 3.02. The Labute approximate surface area is 263 Å². The van der Waals surface area contributed by atoms with Gasteiger partial charge >= 0.3 is 6.03 Å². The number of hydrogen-bond acceptors (Lipinski definition) is 10. The molecule has 1 aromatic heterocycles. The first kappa shape index (κ1) is 30.7. The van der Waals surface area contributed by atoms with E-state index in [1.54, 1.807) is 24.3 Å². The van der Waals surface area contributed by atoms with Crippen LogP contribution in [0.2, 0.25) is 0 Å². The third-order valence-electron chi connectivity index (χ3n) is 8.47. The molecule has 0 bridgehead atoms. The topological polar surface area (TPSA) is 128 Å². The lowest BCUT2D eigenvalue weighted by Crippen LogP contribution is -2.52. The highest BCUT2D eigenvalue weighted by atomic mass is 16.5. The predicted molar refractivity (Wildman–Crippen MR) is 173 cm³/mol. The highest BCUT2D eigenvalue weighted by Crippen LogP contribution is 2.25. The highest BCUT2D eigenvalue weighted by Gasteiger charge is 2.26. The summed E-state index contributed by atoms with van der Waals surface area (Å²) in [6.07, 6.45) is 0.0914. The van der Waals surface area contributed by atoms with Crippen LogP contribution in [0.4, 0.5) is 28.1 Å². The van der Waals surface area contributed by atoms with Crippen molar-refractivity contribution in [3.63, 3.8) is 0 Å². The van der Waals surface area contributed by atoms with E-state index in [1.807, 2.05) is 36.1 Å². The van der Waals surface area contributed by atoms with E-state index in [-0.39, 0.29) is 18.0 Å². The smallest absolute Gasteiger partial charge is 0.323 e. The normalized spacial score (nSPS) is 21.0. The maximum atomic E-state index is 12.9. The number of anilines is 4. The first-order valence-electron chi connectivity index (χ1n) is 15.6. The van der Waals surface area contributed by atoms with Gasteiger partial charge in [0.1, 0.15) is 0 Å². The van der Waals surface area contributed by atoms with E-state index in [0.29, 0.717) is 86.7 Å². The zero-order valence-electron chi connectivity index (χ0n) is 26.1. The van der Waals surface area contributed by atoms with Crippen LogP contribution in [-0.2, 0) is 9.47 Å². The van der Waals surface area contributed by atoms with Crippen molar-refractivity contribution in [1.82, 2.24) is 24.8 Å². The SMILES string of the molecule is CC1CN(c2nc(-c3ccc(NC(=O)Nc4ccc(C(=O)N5CCN(C)C(C)C5)cc4)cc3)nc(N3CCOCC3)n2)CCO1. The number of carbonyl (C=O) groups is 2. The number of benzene rings is 2. The van der Waals surface area contributed by atoms with Crippen molar-refractivity contribution in [3.8, 4) is 11.4 Å². The Kier molecular flexibility index (Phi) is 9.38. The number of rotatable bonds is 6. The van der Waals surface area contributed by atoms with E-state index >= 15 is 0 Å². The van der Waals surface area contributed by atoms with Gasteiger partial charge in [0.05, 0.1) is 25.9 Å². The van der Waals surface area contributed by atoms with E-state index < -0.39 is 0 Å². The molecule has 3 aromatic rings. The van der Waals surface area contributed by atoms with Gasteiger partial charge in [-0.15, -0.1) is 0 Å². The third kappa shape index (κ3) is 7.49. The molecule has 13 heteroatoms. The Morgan fingerprint density at radius 1 is 0.756 bits per heavy atom. The molecule has 6 rings (SSSR count). The van der Waals surface area contributed by atoms with E-state index in [1.165, 1.54) is 0 Å². The van der Waals surface area contributed by atoms with E-state index in [2.05, 4.69) is 39.3 Å². The lowest BCUT2D eigenvalue weighted by molar-refractivity contribution is 0.0526. The summed E-state index contributed by atoms with van der Waals surface area (Å²) in [5, 5.41) is 5.71. The Morgan fingerprint density at radius 2 is 1.38 bits per heavy atom. The fraction of sp³-hybridized carbons (Fsp3) is 0.469. The summed E-state index contributed by atoms with van der Waals surface area (Å²) in [6, 6.07) is 14.4. The van der Waals surface area contributed by atoms with Crippen LogP contribution in [0, 0.1) is 0 Å². The van der Waals surface area contributed by atoms with Gasteiger partial charge in [-0.05, 0) is 69.4 Å². The number of nitrogens with zero attached hydrogens (tertiary/aromatic N) is 7. The van der Waals surface area contributed by atoms with Crippen molar-refractivity contribution in [2.24, 2.45) is 0 Å². The van der Waals surface area contributed by atoms with Gasteiger partial charge in [0.2, 0.25) is 11.9 Å². The number of nitrogens with one attached hydrogen (secondary N) is 2. The number of carbonyl (C=O) groups excluding carboxylic acids is 2. The Balaban J connectivity index is 1.10. The Morgan fingerprint density at radius 3 is 2.02 bits per heavy atom. The van der Waals surface area contributed by atoms with Crippen LogP contribution >= 0.6 is 0 Å². The molecule has 2 N–H and O–H groups in total. The minimum atomic E-state index is -0.381. The molecule has 3 aliphatic rings. The quantitative estimate of drug-likeness (QED) is 0.427. The number of piperazine rings is 1. The summed E-state index contributed by atoms with van der Waals surface area (Å²) >= 11 is 0. The molecular formula is C32H41N9O4. The molecule has 2 atom stereocenters. The second kappa shape index (κ2) is 13.8. The van der Waals surface area contributed by atoms with Crippen LogP contribution in [0.1, 0.15) is 24.2 Å². The van der Waals surface area contributed by atoms with E-state index in [0.717, 1.165) is 25.2 Å². The molecule has 3 aliphatic heterocycles.